The second-order valence-corrected chi connectivity index (χ2v) is 3.64. The van der Waals surface area contributed by atoms with Gasteiger partial charge in [0.05, 0.1) is 0 Å². The van der Waals surface area contributed by atoms with Crippen molar-refractivity contribution < 1.29 is 14.3 Å². The van der Waals surface area contributed by atoms with Gasteiger partial charge in [0.2, 0.25) is 6.29 Å². The van der Waals surface area contributed by atoms with E-state index < -0.39 is 5.60 Å². The van der Waals surface area contributed by atoms with Crippen LogP contribution in [0, 0.1) is 5.92 Å². The highest BCUT2D eigenvalue weighted by Crippen LogP contribution is 2.39. The summed E-state index contributed by atoms with van der Waals surface area (Å²) in [5.41, 5.74) is -0.628. The van der Waals surface area contributed by atoms with Gasteiger partial charge in [-0.25, -0.2) is 4.79 Å². The normalized spacial score (nSPS) is 49.1. The van der Waals surface area contributed by atoms with Crippen molar-refractivity contribution in [2.75, 3.05) is 0 Å². The van der Waals surface area contributed by atoms with Crippen molar-refractivity contribution >= 4 is 5.97 Å². The van der Waals surface area contributed by atoms with Crippen molar-refractivity contribution in [2.24, 2.45) is 5.92 Å². The van der Waals surface area contributed by atoms with E-state index in [9.17, 15) is 4.79 Å². The zero-order valence-electron chi connectivity index (χ0n) is 6.79. The highest BCUT2D eigenvalue weighted by atomic mass is 16.8. The maximum Gasteiger partial charge on any atom is 0.340 e. The second kappa shape index (κ2) is 1.97. The fourth-order valence-electron chi connectivity index (χ4n) is 1.59. The molecule has 0 aliphatic carbocycles. The maximum absolute atomic E-state index is 11.2. The van der Waals surface area contributed by atoms with E-state index in [1.54, 1.807) is 6.92 Å². The Balaban J connectivity index is 2.24. The van der Waals surface area contributed by atoms with Gasteiger partial charge >= 0.3 is 5.97 Å². The topological polar surface area (TPSA) is 35.5 Å². The van der Waals surface area contributed by atoms with Crippen molar-refractivity contribution in [3.8, 4) is 0 Å². The number of carbonyl (C=O) groups is 1. The minimum atomic E-state index is -0.628. The highest BCUT2D eigenvalue weighted by Gasteiger charge is 2.51. The first-order valence-electron chi connectivity index (χ1n) is 4.01. The predicted molar refractivity (Wildman–Crippen MR) is 37.8 cm³/mol. The zero-order chi connectivity index (χ0) is 8.06. The second-order valence-electron chi connectivity index (χ2n) is 3.64. The summed E-state index contributed by atoms with van der Waals surface area (Å²) in [6.45, 7) is 3.85. The Bertz CT molecular complexity index is 202. The van der Waals surface area contributed by atoms with Crippen molar-refractivity contribution in [3.05, 3.63) is 0 Å². The van der Waals surface area contributed by atoms with E-state index in [2.05, 4.69) is 0 Å². The number of hydrogen-bond donors (Lipinski definition) is 0. The van der Waals surface area contributed by atoms with Gasteiger partial charge in [0, 0.05) is 5.92 Å². The van der Waals surface area contributed by atoms with Gasteiger partial charge in [-0.15, -0.1) is 0 Å². The van der Waals surface area contributed by atoms with Crippen LogP contribution in [0.1, 0.15) is 26.7 Å². The molecule has 0 unspecified atom stereocenters. The molecule has 2 aliphatic rings. The first-order valence-corrected chi connectivity index (χ1v) is 4.01. The molecule has 0 amide bonds. The molecule has 2 aliphatic heterocycles. The summed E-state index contributed by atoms with van der Waals surface area (Å²) in [6.07, 6.45) is 1.54. The number of ether oxygens (including phenoxy) is 2. The lowest BCUT2D eigenvalue weighted by Gasteiger charge is -2.27. The van der Waals surface area contributed by atoms with Crippen LogP contribution in [0.5, 0.6) is 0 Å². The number of carbonyl (C=O) groups excluding carboxylic acids is 1. The lowest BCUT2D eigenvalue weighted by molar-refractivity contribution is -0.148. The van der Waals surface area contributed by atoms with Gasteiger partial charge < -0.3 is 9.47 Å². The van der Waals surface area contributed by atoms with Crippen LogP contribution < -0.4 is 0 Å². The molecule has 2 heterocycles. The van der Waals surface area contributed by atoms with Gasteiger partial charge in [-0.1, -0.05) is 6.92 Å². The van der Waals surface area contributed by atoms with Crippen molar-refractivity contribution in [2.45, 2.75) is 38.6 Å². The molecule has 0 spiro atoms. The van der Waals surface area contributed by atoms with Gasteiger partial charge in [-0.2, -0.15) is 0 Å². The number of hydrogen-bond acceptors (Lipinski definition) is 3. The molecule has 2 bridgehead atoms. The third-order valence-electron chi connectivity index (χ3n) is 2.57. The minimum absolute atomic E-state index is 0.188. The average Bonchev–Trinajstić information content (AvgIpc) is 2.20. The minimum Gasteiger partial charge on any atom is -0.433 e. The Kier molecular flexibility index (Phi) is 1.27. The molecular weight excluding hydrogens is 144 g/mol. The average molecular weight is 156 g/mol. The standard InChI is InChI=1S/C8H12O3/c1-5-3-4-8(2)7(9)10-6(5)11-8/h5-6H,3-4H2,1-2H3/t5-,6+,8+/m0/s1. The van der Waals surface area contributed by atoms with Crippen LogP contribution >= 0.6 is 0 Å². The zero-order valence-corrected chi connectivity index (χ0v) is 6.79. The number of fused-ring (bicyclic) bond motifs is 2. The van der Waals surface area contributed by atoms with Crippen LogP contribution in [0.25, 0.3) is 0 Å². The fourth-order valence-corrected chi connectivity index (χ4v) is 1.59. The molecule has 0 N–H and O–H groups in total. The Morgan fingerprint density at radius 3 is 3.00 bits per heavy atom. The molecule has 0 aromatic rings. The number of esters is 1. The summed E-state index contributed by atoms with van der Waals surface area (Å²) in [5, 5.41) is 0. The summed E-state index contributed by atoms with van der Waals surface area (Å²) in [4.78, 5) is 11.2. The van der Waals surface area contributed by atoms with E-state index in [0.717, 1.165) is 12.8 Å². The lowest BCUT2D eigenvalue weighted by Crippen LogP contribution is -2.37. The van der Waals surface area contributed by atoms with E-state index in [4.69, 9.17) is 9.47 Å². The largest absolute Gasteiger partial charge is 0.433 e. The predicted octanol–water partition coefficient (Wildman–Crippen LogP) is 1.07. The molecule has 2 saturated heterocycles. The summed E-state index contributed by atoms with van der Waals surface area (Å²) in [6, 6.07) is 0. The summed E-state index contributed by atoms with van der Waals surface area (Å²) >= 11 is 0. The molecule has 62 valence electrons. The lowest BCUT2D eigenvalue weighted by atomic mass is 9.92. The van der Waals surface area contributed by atoms with Gasteiger partial charge in [0.25, 0.3) is 0 Å². The van der Waals surface area contributed by atoms with Crippen LogP contribution in [0.3, 0.4) is 0 Å². The smallest absolute Gasteiger partial charge is 0.340 e. The van der Waals surface area contributed by atoms with Gasteiger partial charge in [0.1, 0.15) is 0 Å². The van der Waals surface area contributed by atoms with Crippen LogP contribution in [-0.4, -0.2) is 17.9 Å². The third kappa shape index (κ3) is 0.872. The van der Waals surface area contributed by atoms with Crippen molar-refractivity contribution in [3.63, 3.8) is 0 Å². The molecule has 0 saturated carbocycles. The van der Waals surface area contributed by atoms with E-state index in [0.29, 0.717) is 5.92 Å². The Hall–Kier alpha value is -0.570. The quantitative estimate of drug-likeness (QED) is 0.492. The molecule has 3 atom stereocenters. The van der Waals surface area contributed by atoms with Crippen LogP contribution in [0.2, 0.25) is 0 Å². The summed E-state index contributed by atoms with van der Waals surface area (Å²) in [5.74, 6) is 0.168. The molecule has 0 radical (unpaired) electrons. The Labute approximate surface area is 65.7 Å². The van der Waals surface area contributed by atoms with Gasteiger partial charge in [-0.05, 0) is 19.8 Å². The van der Waals surface area contributed by atoms with E-state index >= 15 is 0 Å². The molecule has 0 aromatic carbocycles. The summed E-state index contributed by atoms with van der Waals surface area (Å²) < 4.78 is 10.5. The fraction of sp³-hybridized carbons (Fsp3) is 0.875. The Morgan fingerprint density at radius 2 is 2.36 bits per heavy atom. The van der Waals surface area contributed by atoms with Gasteiger partial charge in [0.15, 0.2) is 5.60 Å². The highest BCUT2D eigenvalue weighted by molar-refractivity contribution is 5.80. The van der Waals surface area contributed by atoms with Crippen molar-refractivity contribution in [1.82, 2.24) is 0 Å². The SMILES string of the molecule is C[C@H]1CC[C@@]2(C)O[C@H]1OC2=O. The maximum atomic E-state index is 11.2. The molecule has 2 rings (SSSR count). The first kappa shape index (κ1) is 7.10. The molecule has 2 fully saturated rings. The van der Waals surface area contributed by atoms with E-state index in [-0.39, 0.29) is 12.3 Å². The first-order chi connectivity index (χ1) is 5.12. The molecule has 3 nitrogen and oxygen atoms in total. The van der Waals surface area contributed by atoms with E-state index in [1.807, 2.05) is 6.92 Å². The molecule has 3 heteroatoms. The molecular formula is C8H12O3. The van der Waals surface area contributed by atoms with E-state index in [1.165, 1.54) is 0 Å². The number of rotatable bonds is 0. The van der Waals surface area contributed by atoms with Crippen LogP contribution in [0.15, 0.2) is 0 Å². The monoisotopic (exact) mass is 156 g/mol. The molecule has 0 aromatic heterocycles. The van der Waals surface area contributed by atoms with Crippen LogP contribution in [0.4, 0.5) is 0 Å². The molecule has 11 heavy (non-hydrogen) atoms. The van der Waals surface area contributed by atoms with Crippen LogP contribution in [-0.2, 0) is 14.3 Å². The van der Waals surface area contributed by atoms with Crippen molar-refractivity contribution in [1.29, 1.82) is 0 Å². The third-order valence-corrected chi connectivity index (χ3v) is 2.57. The van der Waals surface area contributed by atoms with Gasteiger partial charge in [-0.3, -0.25) is 0 Å². The Morgan fingerprint density at radius 1 is 1.64 bits per heavy atom. The summed E-state index contributed by atoms with van der Waals surface area (Å²) in [7, 11) is 0.